The molecule has 0 amide bonds. The van der Waals surface area contributed by atoms with Crippen molar-refractivity contribution in [2.75, 3.05) is 6.61 Å². The Bertz CT molecular complexity index is 148. The molecule has 0 aromatic rings. The fourth-order valence-electron chi connectivity index (χ4n) is 0.692. The zero-order chi connectivity index (χ0) is 8.91. The minimum Gasteiger partial charge on any atom is -0.498 e. The van der Waals surface area contributed by atoms with Gasteiger partial charge in [0.2, 0.25) is 0 Å². The number of carbonyl (C=O) groups is 1. The number of hydrogen-bond acceptors (Lipinski definition) is 2. The highest BCUT2D eigenvalue weighted by atomic mass is 16.5. The highest BCUT2D eigenvalue weighted by Gasteiger charge is 2.22. The Morgan fingerprint density at radius 2 is 2.18 bits per heavy atom. The lowest BCUT2D eigenvalue weighted by Gasteiger charge is -2.24. The second-order valence-electron chi connectivity index (χ2n) is 3.11. The molecule has 0 heterocycles. The van der Waals surface area contributed by atoms with Gasteiger partial charge in [0.25, 0.3) is 0 Å². The summed E-state index contributed by atoms with van der Waals surface area (Å²) < 4.78 is 5.21. The minimum absolute atomic E-state index is 0.224. The van der Waals surface area contributed by atoms with Gasteiger partial charge >= 0.3 is 0 Å². The van der Waals surface area contributed by atoms with E-state index in [1.54, 1.807) is 0 Å². The third-order valence-corrected chi connectivity index (χ3v) is 1.67. The highest BCUT2D eigenvalue weighted by molar-refractivity contribution is 5.51. The molecule has 0 aromatic heterocycles. The van der Waals surface area contributed by atoms with Crippen LogP contribution in [-0.4, -0.2) is 12.9 Å². The molecule has 0 aromatic carbocycles. The fourth-order valence-corrected chi connectivity index (χ4v) is 0.692. The van der Waals surface area contributed by atoms with Crippen LogP contribution >= 0.6 is 0 Å². The Labute approximate surface area is 68.2 Å². The molecule has 0 radical (unpaired) electrons. The summed E-state index contributed by atoms with van der Waals surface area (Å²) in [4.78, 5) is 10.2. The third kappa shape index (κ3) is 3.21. The molecule has 0 aliphatic heterocycles. The van der Waals surface area contributed by atoms with Crippen molar-refractivity contribution in [3.8, 4) is 0 Å². The molecule has 2 nitrogen and oxygen atoms in total. The van der Waals surface area contributed by atoms with E-state index in [0.29, 0.717) is 18.8 Å². The summed E-state index contributed by atoms with van der Waals surface area (Å²) in [6.45, 7) is 10.2. The largest absolute Gasteiger partial charge is 0.498 e. The van der Waals surface area contributed by atoms with Crippen molar-refractivity contribution < 1.29 is 9.53 Å². The van der Waals surface area contributed by atoms with E-state index in [0.717, 1.165) is 6.29 Å². The zero-order valence-electron chi connectivity index (χ0n) is 7.52. The van der Waals surface area contributed by atoms with Crippen molar-refractivity contribution >= 4 is 6.29 Å². The maximum absolute atomic E-state index is 10.2. The number of ether oxygens (including phenoxy) is 1. The van der Waals surface area contributed by atoms with Crippen LogP contribution in [0, 0.1) is 5.41 Å². The summed E-state index contributed by atoms with van der Waals surface area (Å²) >= 11 is 0. The van der Waals surface area contributed by atoms with Gasteiger partial charge in [-0.25, -0.2) is 0 Å². The average molecular weight is 156 g/mol. The molecule has 0 bridgehead atoms. The second kappa shape index (κ2) is 4.16. The van der Waals surface area contributed by atoms with Crippen LogP contribution in [0.5, 0.6) is 0 Å². The normalized spacial score (nSPS) is 10.8. The minimum atomic E-state index is -0.224. The van der Waals surface area contributed by atoms with Gasteiger partial charge in [0.05, 0.1) is 12.4 Å². The summed E-state index contributed by atoms with van der Waals surface area (Å²) in [5.74, 6) is 0.687. The van der Waals surface area contributed by atoms with Gasteiger partial charge in [0, 0.05) is 11.8 Å². The van der Waals surface area contributed by atoms with E-state index in [-0.39, 0.29) is 5.41 Å². The Kier molecular flexibility index (Phi) is 3.86. The summed E-state index contributed by atoms with van der Waals surface area (Å²) in [6, 6.07) is 0. The first-order valence-electron chi connectivity index (χ1n) is 3.80. The number of allylic oxidation sites excluding steroid dienone is 1. The smallest absolute Gasteiger partial charge is 0.120 e. The van der Waals surface area contributed by atoms with Crippen molar-refractivity contribution in [2.24, 2.45) is 5.41 Å². The molecule has 0 fully saturated rings. The van der Waals surface area contributed by atoms with Gasteiger partial charge in [-0.15, -0.1) is 0 Å². The first-order valence-corrected chi connectivity index (χ1v) is 3.80. The van der Waals surface area contributed by atoms with Gasteiger partial charge in [-0.2, -0.15) is 0 Å². The molecule has 11 heavy (non-hydrogen) atoms. The molecule has 0 atom stereocenters. The molecule has 0 aliphatic rings. The lowest BCUT2D eigenvalue weighted by atomic mass is 9.88. The number of rotatable bonds is 5. The van der Waals surface area contributed by atoms with Crippen LogP contribution in [0.4, 0.5) is 0 Å². The first-order chi connectivity index (χ1) is 5.04. The Morgan fingerprint density at radius 3 is 2.55 bits per heavy atom. The van der Waals surface area contributed by atoms with E-state index in [1.807, 2.05) is 20.8 Å². The summed E-state index contributed by atoms with van der Waals surface area (Å²) in [5, 5.41) is 0. The van der Waals surface area contributed by atoms with Crippen LogP contribution in [0.1, 0.15) is 27.2 Å². The van der Waals surface area contributed by atoms with Crippen molar-refractivity contribution in [3.63, 3.8) is 0 Å². The molecule has 0 rings (SSSR count). The number of aldehydes is 1. The van der Waals surface area contributed by atoms with E-state index in [1.165, 1.54) is 0 Å². The predicted octanol–water partition coefficient (Wildman–Crippen LogP) is 2.15. The Morgan fingerprint density at radius 1 is 1.64 bits per heavy atom. The number of hydrogen-bond donors (Lipinski definition) is 0. The van der Waals surface area contributed by atoms with Gasteiger partial charge in [0.15, 0.2) is 0 Å². The lowest BCUT2D eigenvalue weighted by molar-refractivity contribution is -0.109. The van der Waals surface area contributed by atoms with Crippen molar-refractivity contribution in [1.29, 1.82) is 0 Å². The highest BCUT2D eigenvalue weighted by Crippen LogP contribution is 2.28. The number of carbonyl (C=O) groups excluding carboxylic acids is 1. The molecule has 0 aliphatic carbocycles. The first kappa shape index (κ1) is 10.2. The van der Waals surface area contributed by atoms with E-state index in [9.17, 15) is 4.79 Å². The van der Waals surface area contributed by atoms with Crippen LogP contribution in [0.25, 0.3) is 0 Å². The standard InChI is InChI=1S/C9H16O2/c1-5-11-8(2)9(3,4)6-7-10/h7H,2,5-6H2,1,3-4H3. The van der Waals surface area contributed by atoms with Crippen LogP contribution in [-0.2, 0) is 9.53 Å². The third-order valence-electron chi connectivity index (χ3n) is 1.67. The van der Waals surface area contributed by atoms with Gasteiger partial charge < -0.3 is 9.53 Å². The van der Waals surface area contributed by atoms with E-state index in [4.69, 9.17) is 4.74 Å². The van der Waals surface area contributed by atoms with Crippen LogP contribution < -0.4 is 0 Å². The van der Waals surface area contributed by atoms with Gasteiger partial charge in [0.1, 0.15) is 6.29 Å². The molecular weight excluding hydrogens is 140 g/mol. The van der Waals surface area contributed by atoms with E-state index >= 15 is 0 Å². The second-order valence-corrected chi connectivity index (χ2v) is 3.11. The SMILES string of the molecule is C=C(OCC)C(C)(C)CC=O. The lowest BCUT2D eigenvalue weighted by Crippen LogP contribution is -2.16. The predicted molar refractivity (Wildman–Crippen MR) is 45.2 cm³/mol. The van der Waals surface area contributed by atoms with Gasteiger partial charge in [-0.05, 0) is 6.92 Å². The molecule has 64 valence electrons. The van der Waals surface area contributed by atoms with Crippen molar-refractivity contribution in [3.05, 3.63) is 12.3 Å². The molecule has 0 spiro atoms. The maximum atomic E-state index is 10.2. The summed E-state index contributed by atoms with van der Waals surface area (Å²) in [6.07, 6.45) is 1.36. The molecular formula is C9H16O2. The zero-order valence-corrected chi connectivity index (χ0v) is 7.52. The molecule has 0 unspecified atom stereocenters. The monoisotopic (exact) mass is 156 g/mol. The van der Waals surface area contributed by atoms with E-state index in [2.05, 4.69) is 6.58 Å². The van der Waals surface area contributed by atoms with Crippen molar-refractivity contribution in [1.82, 2.24) is 0 Å². The van der Waals surface area contributed by atoms with Crippen LogP contribution in [0.3, 0.4) is 0 Å². The molecule has 0 saturated heterocycles. The quantitative estimate of drug-likeness (QED) is 0.450. The average Bonchev–Trinajstić information content (AvgIpc) is 1.88. The summed E-state index contributed by atoms with van der Waals surface area (Å²) in [7, 11) is 0. The van der Waals surface area contributed by atoms with E-state index < -0.39 is 0 Å². The van der Waals surface area contributed by atoms with Gasteiger partial charge in [-0.3, -0.25) is 0 Å². The Hall–Kier alpha value is -0.790. The fraction of sp³-hybridized carbons (Fsp3) is 0.667. The molecule has 0 saturated carbocycles. The van der Waals surface area contributed by atoms with Crippen LogP contribution in [0.2, 0.25) is 0 Å². The molecule has 2 heteroatoms. The van der Waals surface area contributed by atoms with Crippen molar-refractivity contribution in [2.45, 2.75) is 27.2 Å². The van der Waals surface area contributed by atoms with Gasteiger partial charge in [-0.1, -0.05) is 20.4 Å². The maximum Gasteiger partial charge on any atom is 0.120 e. The Balaban J connectivity index is 4.05. The molecule has 0 N–H and O–H groups in total. The topological polar surface area (TPSA) is 26.3 Å². The van der Waals surface area contributed by atoms with Crippen LogP contribution in [0.15, 0.2) is 12.3 Å². The summed E-state index contributed by atoms with van der Waals surface area (Å²) in [5.41, 5.74) is -0.224.